The number of halogens is 2. The topological polar surface area (TPSA) is 124 Å². The van der Waals surface area contributed by atoms with Crippen molar-refractivity contribution in [3.05, 3.63) is 93.8 Å². The number of carbonyl (C=O) groups excluding carboxylic acids is 2. The molecule has 0 aliphatic heterocycles. The number of aryl methyl sites for hydroxylation is 1. The van der Waals surface area contributed by atoms with E-state index >= 15 is 0 Å². The van der Waals surface area contributed by atoms with Gasteiger partial charge in [-0.05, 0) is 42.8 Å². The molecule has 9 nitrogen and oxygen atoms in total. The van der Waals surface area contributed by atoms with E-state index in [-0.39, 0.29) is 29.3 Å². The molecule has 0 N–H and O–H groups in total. The summed E-state index contributed by atoms with van der Waals surface area (Å²) in [6, 6.07) is 13.3. The molecule has 0 bridgehead atoms. The predicted octanol–water partition coefficient (Wildman–Crippen LogP) is 4.21. The average molecular weight is 519 g/mol. The zero-order valence-corrected chi connectivity index (χ0v) is 20.6. The molecule has 0 spiro atoms. The second-order valence-corrected chi connectivity index (χ2v) is 8.55. The molecule has 0 saturated carbocycles. The number of carbonyl (C=O) groups is 2. The summed E-state index contributed by atoms with van der Waals surface area (Å²) in [5, 5.41) is 17.0. The molecule has 1 aromatic carbocycles. The fourth-order valence-corrected chi connectivity index (χ4v) is 3.88. The van der Waals surface area contributed by atoms with Crippen LogP contribution in [0.3, 0.4) is 0 Å². The van der Waals surface area contributed by atoms with Crippen LogP contribution < -0.4 is 0 Å². The summed E-state index contributed by atoms with van der Waals surface area (Å²) in [5.74, 6) is -1.33. The third-order valence-electron chi connectivity index (χ3n) is 5.61. The van der Waals surface area contributed by atoms with Crippen LogP contribution in [0.25, 0.3) is 11.4 Å². The number of ketones is 1. The lowest BCUT2D eigenvalue weighted by Crippen LogP contribution is -2.15. The Morgan fingerprint density at radius 3 is 2.57 bits per heavy atom. The first-order valence-electron chi connectivity index (χ1n) is 11.1. The van der Waals surface area contributed by atoms with Gasteiger partial charge in [-0.25, -0.2) is 9.37 Å². The minimum absolute atomic E-state index is 0.0441. The monoisotopic (exact) mass is 518 g/mol. The predicted molar refractivity (Wildman–Crippen MR) is 131 cm³/mol. The molecule has 186 valence electrons. The van der Waals surface area contributed by atoms with Gasteiger partial charge in [0.15, 0.2) is 5.78 Å². The molecule has 3 heterocycles. The maximum atomic E-state index is 13.5. The van der Waals surface area contributed by atoms with Crippen molar-refractivity contribution in [2.45, 2.75) is 25.9 Å². The molecule has 0 fully saturated rings. The fraction of sp³-hybridized carbons (Fsp3) is 0.192. The van der Waals surface area contributed by atoms with Crippen molar-refractivity contribution in [2.24, 2.45) is 7.05 Å². The summed E-state index contributed by atoms with van der Waals surface area (Å²) in [7, 11) is 1.63. The summed E-state index contributed by atoms with van der Waals surface area (Å²) in [6.07, 6.45) is 1.58. The van der Waals surface area contributed by atoms with Crippen molar-refractivity contribution < 1.29 is 18.7 Å². The van der Waals surface area contributed by atoms with E-state index < -0.39 is 17.9 Å². The summed E-state index contributed by atoms with van der Waals surface area (Å²) >= 11 is 6.00. The first kappa shape index (κ1) is 25.6. The van der Waals surface area contributed by atoms with Crippen molar-refractivity contribution in [1.82, 2.24) is 25.0 Å². The molecule has 0 aliphatic carbocycles. The van der Waals surface area contributed by atoms with Gasteiger partial charge in [-0.1, -0.05) is 28.9 Å². The number of nitriles is 1. The van der Waals surface area contributed by atoms with Crippen LogP contribution >= 0.6 is 11.6 Å². The number of ether oxygens (including phenoxy) is 1. The van der Waals surface area contributed by atoms with Gasteiger partial charge in [-0.15, -0.1) is 5.10 Å². The number of aromatic nitrogens is 5. The standard InChI is InChI=1S/C26H20ClFN6O3/c1-15(20-10-19(28)14-31-26(20)27)37-24(36)11-22-25(32-33-34(22)2)21-8-7-18(13-30-21)23(35)9-16-3-5-17(12-29)6-4-16/h3-8,10,13-15H,9,11H2,1-2H3/t15-/m1/s1. The number of pyridine rings is 2. The second-order valence-electron chi connectivity index (χ2n) is 8.19. The number of Topliss-reactive ketones (excluding diaryl/α,β-unsaturated/α-hetero) is 1. The smallest absolute Gasteiger partial charge is 0.312 e. The highest BCUT2D eigenvalue weighted by molar-refractivity contribution is 6.30. The van der Waals surface area contributed by atoms with Crippen LogP contribution in [0.4, 0.5) is 4.39 Å². The van der Waals surface area contributed by atoms with Crippen molar-refractivity contribution in [1.29, 1.82) is 5.26 Å². The van der Waals surface area contributed by atoms with Crippen LogP contribution in [0, 0.1) is 17.1 Å². The molecule has 37 heavy (non-hydrogen) atoms. The van der Waals surface area contributed by atoms with Crippen LogP contribution in [0.2, 0.25) is 5.15 Å². The Labute approximate surface area is 216 Å². The number of nitrogens with zero attached hydrogens (tertiary/aromatic N) is 6. The molecule has 3 aromatic heterocycles. The Bertz CT molecular complexity index is 1500. The lowest BCUT2D eigenvalue weighted by Gasteiger charge is -2.15. The maximum Gasteiger partial charge on any atom is 0.312 e. The summed E-state index contributed by atoms with van der Waals surface area (Å²) < 4.78 is 20.4. The number of hydrogen-bond donors (Lipinski definition) is 0. The first-order chi connectivity index (χ1) is 17.7. The molecule has 1 atom stereocenters. The summed E-state index contributed by atoms with van der Waals surface area (Å²) in [5.41, 5.74) is 3.21. The molecule has 4 rings (SSSR count). The molecule has 0 unspecified atom stereocenters. The molecule has 0 amide bonds. The normalized spacial score (nSPS) is 11.5. The minimum atomic E-state index is -0.827. The SMILES string of the molecule is C[C@@H](OC(=O)Cc1c(-c2ccc(C(=O)Cc3ccc(C#N)cc3)cn2)nnn1C)c1cc(F)cnc1Cl. The van der Waals surface area contributed by atoms with E-state index in [1.54, 1.807) is 50.4 Å². The highest BCUT2D eigenvalue weighted by Crippen LogP contribution is 2.26. The third-order valence-corrected chi connectivity index (χ3v) is 5.93. The van der Waals surface area contributed by atoms with Gasteiger partial charge in [0.2, 0.25) is 0 Å². The van der Waals surface area contributed by atoms with Gasteiger partial charge in [-0.2, -0.15) is 5.26 Å². The van der Waals surface area contributed by atoms with Crippen LogP contribution in [-0.2, 0) is 29.4 Å². The molecule has 0 aliphatic rings. The van der Waals surface area contributed by atoms with E-state index in [1.165, 1.54) is 16.9 Å². The highest BCUT2D eigenvalue weighted by Gasteiger charge is 2.22. The second kappa shape index (κ2) is 11.1. The fourth-order valence-electron chi connectivity index (χ4n) is 3.62. The first-order valence-corrected chi connectivity index (χ1v) is 11.5. The van der Waals surface area contributed by atoms with Crippen LogP contribution in [0.5, 0.6) is 0 Å². The average Bonchev–Trinajstić information content (AvgIpc) is 3.25. The van der Waals surface area contributed by atoms with Gasteiger partial charge in [0.1, 0.15) is 22.8 Å². The molecule has 0 radical (unpaired) electrons. The van der Waals surface area contributed by atoms with Gasteiger partial charge in [0, 0.05) is 30.8 Å². The van der Waals surface area contributed by atoms with E-state index in [0.29, 0.717) is 28.2 Å². The van der Waals surface area contributed by atoms with Crippen LogP contribution in [-0.4, -0.2) is 36.7 Å². The van der Waals surface area contributed by atoms with Gasteiger partial charge in [-0.3, -0.25) is 19.3 Å². The Balaban J connectivity index is 1.45. The van der Waals surface area contributed by atoms with E-state index in [2.05, 4.69) is 20.3 Å². The lowest BCUT2D eigenvalue weighted by atomic mass is 10.0. The highest BCUT2D eigenvalue weighted by atomic mass is 35.5. The number of rotatable bonds is 8. The summed E-state index contributed by atoms with van der Waals surface area (Å²) in [6.45, 7) is 1.57. The van der Waals surface area contributed by atoms with Crippen molar-refractivity contribution >= 4 is 23.4 Å². The Morgan fingerprint density at radius 2 is 1.89 bits per heavy atom. The van der Waals surface area contributed by atoms with Crippen LogP contribution in [0.15, 0.2) is 54.9 Å². The molecular formula is C26H20ClFN6O3. The maximum absolute atomic E-state index is 13.5. The summed E-state index contributed by atoms with van der Waals surface area (Å²) in [4.78, 5) is 33.4. The number of hydrogen-bond acceptors (Lipinski definition) is 8. The molecular weight excluding hydrogens is 499 g/mol. The van der Waals surface area contributed by atoms with Gasteiger partial charge in [0.25, 0.3) is 0 Å². The number of esters is 1. The van der Waals surface area contributed by atoms with Crippen molar-refractivity contribution in [2.75, 3.05) is 0 Å². The van der Waals surface area contributed by atoms with Gasteiger partial charge < -0.3 is 4.74 Å². The molecule has 0 saturated heterocycles. The zero-order valence-electron chi connectivity index (χ0n) is 19.9. The van der Waals surface area contributed by atoms with E-state index in [9.17, 15) is 14.0 Å². The molecule has 4 aromatic rings. The van der Waals surface area contributed by atoms with Crippen LogP contribution in [0.1, 0.15) is 45.8 Å². The van der Waals surface area contributed by atoms with E-state index in [1.807, 2.05) is 6.07 Å². The van der Waals surface area contributed by atoms with E-state index in [0.717, 1.165) is 11.8 Å². The Hall–Kier alpha value is -4.49. The van der Waals surface area contributed by atoms with Crippen molar-refractivity contribution in [3.8, 4) is 17.5 Å². The van der Waals surface area contributed by atoms with Gasteiger partial charge in [0.05, 0.1) is 35.6 Å². The Kier molecular flexibility index (Phi) is 7.65. The molecule has 11 heteroatoms. The van der Waals surface area contributed by atoms with E-state index in [4.69, 9.17) is 21.6 Å². The minimum Gasteiger partial charge on any atom is -0.457 e. The Morgan fingerprint density at radius 1 is 1.14 bits per heavy atom. The number of benzene rings is 1. The largest absolute Gasteiger partial charge is 0.457 e. The quantitative estimate of drug-likeness (QED) is 0.193. The zero-order chi connectivity index (χ0) is 26.5. The van der Waals surface area contributed by atoms with Gasteiger partial charge >= 0.3 is 5.97 Å². The van der Waals surface area contributed by atoms with Crippen molar-refractivity contribution in [3.63, 3.8) is 0 Å². The third kappa shape index (κ3) is 6.02. The lowest BCUT2D eigenvalue weighted by molar-refractivity contribution is -0.147.